The molecule has 2 saturated heterocycles. The number of thiol groups is 1. The van der Waals surface area contributed by atoms with Crippen LogP contribution in [0.2, 0.25) is 0 Å². The average molecular weight is 494 g/mol. The van der Waals surface area contributed by atoms with Crippen molar-refractivity contribution in [1.29, 1.82) is 5.26 Å². The highest BCUT2D eigenvalue weighted by molar-refractivity contribution is 7.81. The number of nitrogens with zero attached hydrogens (tertiary/aromatic N) is 5. The highest BCUT2D eigenvalue weighted by atomic mass is 32.1. The molecule has 1 spiro atoms. The van der Waals surface area contributed by atoms with Gasteiger partial charge in [-0.3, -0.25) is 14.5 Å². The Hall–Kier alpha value is -3.29. The fraction of sp³-hybridized carbons (Fsp3) is 0.440. The number of methoxy groups -OCH3 is 1. The number of hydrogen-bond acceptors (Lipinski definition) is 9. The largest absolute Gasteiger partial charge is 0.494 e. The SMILES string of the molecule is COc1cc(OC2CCN(C)CC2)ccc1N1C(S)N(c2ccc(C#N)nc2)C(=O)C12CCC2=O. The quantitative estimate of drug-likeness (QED) is 0.501. The number of nitriles is 1. The van der Waals surface area contributed by atoms with Crippen LogP contribution in [0.5, 0.6) is 11.5 Å². The van der Waals surface area contributed by atoms with Crippen LogP contribution in [0.1, 0.15) is 31.4 Å². The van der Waals surface area contributed by atoms with Crippen molar-refractivity contribution >= 4 is 35.7 Å². The molecule has 35 heavy (non-hydrogen) atoms. The van der Waals surface area contributed by atoms with Crippen LogP contribution in [0, 0.1) is 11.3 Å². The molecule has 0 radical (unpaired) electrons. The van der Waals surface area contributed by atoms with E-state index in [1.807, 2.05) is 18.2 Å². The number of anilines is 2. The molecule has 3 fully saturated rings. The minimum Gasteiger partial charge on any atom is -0.494 e. The van der Waals surface area contributed by atoms with Gasteiger partial charge < -0.3 is 19.3 Å². The Morgan fingerprint density at radius 1 is 1.20 bits per heavy atom. The molecule has 3 heterocycles. The summed E-state index contributed by atoms with van der Waals surface area (Å²) in [6.07, 6.45) is 4.19. The summed E-state index contributed by atoms with van der Waals surface area (Å²) in [5.41, 5.74) is -0.810. The standard InChI is InChI=1S/C25H27N5O4S/c1-28-11-8-18(9-12-28)34-19-5-6-20(21(13-19)33-2)30-24(35)29(17-4-3-16(14-26)27-15-17)23(32)25(30)10-7-22(25)31/h3-6,13,15,18,24,35H,7-12H2,1-2H3. The number of carbonyl (C=O) groups excluding carboxylic acids is 2. The Morgan fingerprint density at radius 2 is 1.97 bits per heavy atom. The fourth-order valence-electron chi connectivity index (χ4n) is 5.07. The maximum absolute atomic E-state index is 13.7. The van der Waals surface area contributed by atoms with E-state index in [-0.39, 0.29) is 23.5 Å². The number of piperidine rings is 1. The van der Waals surface area contributed by atoms with Crippen LogP contribution in [-0.4, -0.2) is 66.0 Å². The van der Waals surface area contributed by atoms with E-state index in [0.29, 0.717) is 35.7 Å². The lowest BCUT2D eigenvalue weighted by atomic mass is 9.73. The van der Waals surface area contributed by atoms with Crippen molar-refractivity contribution < 1.29 is 19.1 Å². The predicted molar refractivity (Wildman–Crippen MR) is 133 cm³/mol. The number of Topliss-reactive ketones (excluding diaryl/α,β-unsaturated/α-hetero) is 1. The first-order valence-electron chi connectivity index (χ1n) is 11.6. The number of rotatable bonds is 5. The molecule has 5 rings (SSSR count). The van der Waals surface area contributed by atoms with Crippen molar-refractivity contribution in [2.75, 3.05) is 37.0 Å². The normalized spacial score (nSPS) is 25.0. The first-order chi connectivity index (χ1) is 16.9. The van der Waals surface area contributed by atoms with Gasteiger partial charge in [-0.25, -0.2) is 4.98 Å². The Balaban J connectivity index is 1.49. The van der Waals surface area contributed by atoms with Crippen molar-refractivity contribution in [2.24, 2.45) is 0 Å². The number of likely N-dealkylation sites (tertiary alicyclic amines) is 1. The topological polar surface area (TPSA) is 99.0 Å². The van der Waals surface area contributed by atoms with Crippen molar-refractivity contribution in [2.45, 2.75) is 42.8 Å². The zero-order chi connectivity index (χ0) is 24.7. The summed E-state index contributed by atoms with van der Waals surface area (Å²) in [6, 6.07) is 10.6. The third kappa shape index (κ3) is 3.79. The molecule has 9 nitrogen and oxygen atoms in total. The summed E-state index contributed by atoms with van der Waals surface area (Å²) >= 11 is 4.78. The van der Waals surface area contributed by atoms with Crippen LogP contribution in [0.3, 0.4) is 0 Å². The van der Waals surface area contributed by atoms with Gasteiger partial charge in [0, 0.05) is 25.6 Å². The number of ketones is 1. The minimum absolute atomic E-state index is 0.131. The minimum atomic E-state index is -1.34. The van der Waals surface area contributed by atoms with E-state index < -0.39 is 11.0 Å². The molecule has 2 aromatic rings. The van der Waals surface area contributed by atoms with Gasteiger partial charge in [-0.15, -0.1) is 12.6 Å². The fourth-order valence-corrected chi connectivity index (χ4v) is 5.63. The van der Waals surface area contributed by atoms with E-state index in [1.165, 1.54) is 17.2 Å². The molecule has 182 valence electrons. The second-order valence-corrected chi connectivity index (χ2v) is 9.60. The van der Waals surface area contributed by atoms with Crippen molar-refractivity contribution in [1.82, 2.24) is 9.88 Å². The summed E-state index contributed by atoms with van der Waals surface area (Å²) in [4.78, 5) is 36.2. The molecular formula is C25H27N5O4S. The monoisotopic (exact) mass is 493 g/mol. The van der Waals surface area contributed by atoms with Crippen LogP contribution in [0.4, 0.5) is 11.4 Å². The van der Waals surface area contributed by atoms with Gasteiger partial charge in [-0.1, -0.05) is 0 Å². The molecule has 1 aromatic carbocycles. The Bertz CT molecular complexity index is 1190. The van der Waals surface area contributed by atoms with E-state index in [0.717, 1.165) is 25.9 Å². The summed E-state index contributed by atoms with van der Waals surface area (Å²) in [7, 11) is 3.66. The summed E-state index contributed by atoms with van der Waals surface area (Å²) in [5, 5.41) is 9.06. The van der Waals surface area contributed by atoms with Gasteiger partial charge in [0.2, 0.25) is 0 Å². The molecular weight excluding hydrogens is 466 g/mol. The number of amides is 1. The number of hydrogen-bond donors (Lipinski definition) is 1. The first-order valence-corrected chi connectivity index (χ1v) is 12.1. The second kappa shape index (κ2) is 9.06. The number of aromatic nitrogens is 1. The van der Waals surface area contributed by atoms with Crippen molar-refractivity contribution in [3.63, 3.8) is 0 Å². The summed E-state index contributed by atoms with van der Waals surface area (Å²) < 4.78 is 11.9. The summed E-state index contributed by atoms with van der Waals surface area (Å²) in [5.74, 6) is 0.679. The van der Waals surface area contributed by atoms with Crippen molar-refractivity contribution in [3.8, 4) is 17.6 Å². The third-order valence-corrected chi connectivity index (χ3v) is 7.60. The van der Waals surface area contributed by atoms with Gasteiger partial charge in [-0.05, 0) is 50.6 Å². The Kier molecular flexibility index (Phi) is 6.07. The smallest absolute Gasteiger partial charge is 0.263 e. The zero-order valence-electron chi connectivity index (χ0n) is 19.7. The van der Waals surface area contributed by atoms with Gasteiger partial charge in [-0.2, -0.15) is 5.26 Å². The van der Waals surface area contributed by atoms with Gasteiger partial charge in [0.25, 0.3) is 5.91 Å². The molecule has 2 unspecified atom stereocenters. The lowest BCUT2D eigenvalue weighted by molar-refractivity contribution is -0.138. The molecule has 2 atom stereocenters. The molecule has 1 saturated carbocycles. The van der Waals surface area contributed by atoms with E-state index in [2.05, 4.69) is 16.9 Å². The first kappa shape index (κ1) is 23.5. The molecule has 0 N–H and O–H groups in total. The second-order valence-electron chi connectivity index (χ2n) is 9.14. The molecule has 1 amide bonds. The molecule has 0 bridgehead atoms. The highest BCUT2D eigenvalue weighted by Gasteiger charge is 2.66. The summed E-state index contributed by atoms with van der Waals surface area (Å²) in [6.45, 7) is 1.98. The van der Waals surface area contributed by atoms with Gasteiger partial charge in [0.15, 0.2) is 16.8 Å². The van der Waals surface area contributed by atoms with Gasteiger partial charge in [0.05, 0.1) is 24.7 Å². The molecule has 1 aromatic heterocycles. The third-order valence-electron chi connectivity index (χ3n) is 7.14. The average Bonchev–Trinajstić information content (AvgIpc) is 3.12. The number of benzene rings is 1. The predicted octanol–water partition coefficient (Wildman–Crippen LogP) is 2.60. The maximum atomic E-state index is 13.7. The maximum Gasteiger partial charge on any atom is 0.263 e. The highest BCUT2D eigenvalue weighted by Crippen LogP contribution is 2.50. The van der Waals surface area contributed by atoms with E-state index >= 15 is 0 Å². The zero-order valence-corrected chi connectivity index (χ0v) is 20.6. The number of carbonyl (C=O) groups is 2. The molecule has 3 aliphatic rings. The van der Waals surface area contributed by atoms with Crippen LogP contribution in [-0.2, 0) is 9.59 Å². The van der Waals surface area contributed by atoms with Crippen LogP contribution < -0.4 is 19.3 Å². The molecule has 2 aliphatic heterocycles. The van der Waals surface area contributed by atoms with Crippen LogP contribution in [0.25, 0.3) is 0 Å². The van der Waals surface area contributed by atoms with E-state index in [4.69, 9.17) is 27.4 Å². The lowest BCUT2D eigenvalue weighted by Gasteiger charge is -2.43. The van der Waals surface area contributed by atoms with Gasteiger partial charge >= 0.3 is 0 Å². The number of pyridine rings is 1. The Labute approximate surface area is 209 Å². The number of ether oxygens (including phenoxy) is 2. The molecule has 10 heteroatoms. The van der Waals surface area contributed by atoms with Crippen LogP contribution in [0.15, 0.2) is 36.5 Å². The van der Waals surface area contributed by atoms with E-state index in [9.17, 15) is 9.59 Å². The van der Waals surface area contributed by atoms with Crippen molar-refractivity contribution in [3.05, 3.63) is 42.2 Å². The lowest BCUT2D eigenvalue weighted by Crippen LogP contribution is -2.63. The van der Waals surface area contributed by atoms with Crippen LogP contribution >= 0.6 is 12.6 Å². The Morgan fingerprint density at radius 3 is 2.54 bits per heavy atom. The van der Waals surface area contributed by atoms with E-state index in [1.54, 1.807) is 24.1 Å². The van der Waals surface area contributed by atoms with Gasteiger partial charge in [0.1, 0.15) is 29.4 Å². The molecule has 1 aliphatic carbocycles.